The minimum absolute atomic E-state index is 0.00558. The molecular weight excluding hydrogens is 328 g/mol. The van der Waals surface area contributed by atoms with Gasteiger partial charge in [0, 0.05) is 20.5 Å². The first-order valence-electron chi connectivity index (χ1n) is 7.90. The van der Waals surface area contributed by atoms with Gasteiger partial charge in [0.05, 0.1) is 30.9 Å². The Balaban J connectivity index is 1.96. The Labute approximate surface area is 144 Å². The molecule has 10 heteroatoms. The fraction of sp³-hybridized carbons (Fsp3) is 0.600. The second-order valence-electron chi connectivity index (χ2n) is 6.34. The maximum atomic E-state index is 12.9. The number of esters is 1. The van der Waals surface area contributed by atoms with E-state index in [0.29, 0.717) is 17.3 Å². The van der Waals surface area contributed by atoms with Crippen molar-refractivity contribution in [1.82, 2.24) is 14.5 Å². The van der Waals surface area contributed by atoms with Crippen LogP contribution in [0.1, 0.15) is 16.2 Å². The fourth-order valence-electron chi connectivity index (χ4n) is 3.34. The summed E-state index contributed by atoms with van der Waals surface area (Å²) in [6.07, 6.45) is 0.213. The number of carbonyl (C=O) groups excluding carboxylic acids is 2. The van der Waals surface area contributed by atoms with Crippen LogP contribution in [0, 0.1) is 6.92 Å². The number of methoxy groups -OCH3 is 1. The van der Waals surface area contributed by atoms with Crippen molar-refractivity contribution in [2.75, 3.05) is 26.1 Å². The van der Waals surface area contributed by atoms with Crippen LogP contribution in [0.15, 0.2) is 4.99 Å². The average Bonchev–Trinajstić information content (AvgIpc) is 3.13. The molecule has 3 rings (SSSR count). The lowest BCUT2D eigenvalue weighted by Crippen LogP contribution is -2.56. The number of ether oxygens (including phenoxy) is 1. The lowest BCUT2D eigenvalue weighted by Gasteiger charge is -2.37. The number of imidazole rings is 1. The molecule has 0 aliphatic carbocycles. The van der Waals surface area contributed by atoms with Gasteiger partial charge in [0.2, 0.25) is 5.95 Å². The molecule has 1 aromatic rings. The quantitative estimate of drug-likeness (QED) is 0.619. The van der Waals surface area contributed by atoms with Gasteiger partial charge in [-0.1, -0.05) is 0 Å². The summed E-state index contributed by atoms with van der Waals surface area (Å²) in [4.78, 5) is 36.9. The molecule has 1 aromatic heterocycles. The third-order valence-corrected chi connectivity index (χ3v) is 4.74. The monoisotopic (exact) mass is 350 g/mol. The van der Waals surface area contributed by atoms with Crippen LogP contribution >= 0.6 is 0 Å². The zero-order chi connectivity index (χ0) is 18.5. The number of aromatic nitrogens is 2. The van der Waals surface area contributed by atoms with Gasteiger partial charge < -0.3 is 25.4 Å². The number of aliphatic imine (C=N–C) groups is 1. The minimum atomic E-state index is -1.20. The van der Waals surface area contributed by atoms with Crippen LogP contribution in [-0.4, -0.2) is 83.3 Å². The van der Waals surface area contributed by atoms with Gasteiger partial charge in [-0.2, -0.15) is 0 Å². The van der Waals surface area contributed by atoms with Crippen LogP contribution in [0.3, 0.4) is 0 Å². The molecule has 0 spiro atoms. The number of hydrogen-bond donors (Lipinski definition) is 2. The highest BCUT2D eigenvalue weighted by molar-refractivity contribution is 5.93. The highest BCUT2D eigenvalue weighted by Crippen LogP contribution is 2.31. The summed E-state index contributed by atoms with van der Waals surface area (Å²) in [5, 5.41) is 10.3. The van der Waals surface area contributed by atoms with E-state index in [1.807, 2.05) is 23.9 Å². The standard InChI is InChI=1S/C15H22N6O4/c1-7-8(5-9(22)10(16)14(24)25-4)21-13(23)11-12(19(2)6-17-11)20(3)15(21)18-7/h6,9-12,22H,5,16H2,1-4H3. The normalized spacial score (nSPS) is 24.2. The second-order valence-corrected chi connectivity index (χ2v) is 6.34. The molecule has 136 valence electrons. The van der Waals surface area contributed by atoms with Gasteiger partial charge in [-0.3, -0.25) is 19.1 Å². The number of aliphatic hydroxyl groups excluding tert-OH is 1. The Kier molecular flexibility index (Phi) is 4.25. The molecule has 2 aliphatic rings. The molecule has 4 atom stereocenters. The van der Waals surface area contributed by atoms with E-state index in [1.165, 1.54) is 11.7 Å². The lowest BCUT2D eigenvalue weighted by atomic mass is 10.0. The molecule has 0 aromatic carbocycles. The first-order valence-corrected chi connectivity index (χ1v) is 7.90. The molecule has 0 radical (unpaired) electrons. The first-order chi connectivity index (χ1) is 11.8. The second kappa shape index (κ2) is 6.12. The average molecular weight is 350 g/mol. The van der Waals surface area contributed by atoms with Gasteiger partial charge in [-0.15, -0.1) is 0 Å². The van der Waals surface area contributed by atoms with Gasteiger partial charge >= 0.3 is 5.97 Å². The molecule has 0 bridgehead atoms. The predicted molar refractivity (Wildman–Crippen MR) is 89.5 cm³/mol. The third-order valence-electron chi connectivity index (χ3n) is 4.74. The number of likely N-dealkylation sites (N-methyl/N-ethyl adjacent to an activating group) is 2. The largest absolute Gasteiger partial charge is 0.468 e. The highest BCUT2D eigenvalue weighted by Gasteiger charge is 2.45. The van der Waals surface area contributed by atoms with Crippen molar-refractivity contribution >= 4 is 24.2 Å². The Bertz CT molecular complexity index is 745. The fourth-order valence-corrected chi connectivity index (χ4v) is 3.34. The number of hydrogen-bond acceptors (Lipinski definition) is 9. The molecule has 3 heterocycles. The van der Waals surface area contributed by atoms with E-state index in [9.17, 15) is 14.7 Å². The zero-order valence-electron chi connectivity index (χ0n) is 14.6. The van der Waals surface area contributed by atoms with E-state index in [-0.39, 0.29) is 18.5 Å². The molecule has 3 N–H and O–H groups in total. The van der Waals surface area contributed by atoms with E-state index in [2.05, 4.69) is 14.7 Å². The molecule has 4 unspecified atom stereocenters. The van der Waals surface area contributed by atoms with Crippen LogP contribution in [0.25, 0.3) is 0 Å². The van der Waals surface area contributed by atoms with E-state index >= 15 is 0 Å². The van der Waals surface area contributed by atoms with E-state index in [4.69, 9.17) is 5.73 Å². The number of nitrogens with two attached hydrogens (primary N) is 1. The SMILES string of the molecule is COC(=O)C(N)C(O)Cc1c(C)nc2n1C(=O)C1N=CN(C)C1N2C. The van der Waals surface area contributed by atoms with Crippen LogP contribution in [-0.2, 0) is 16.0 Å². The van der Waals surface area contributed by atoms with Crippen molar-refractivity contribution in [2.45, 2.75) is 37.7 Å². The number of anilines is 1. The Hall–Kier alpha value is -2.46. The summed E-state index contributed by atoms with van der Waals surface area (Å²) in [6.45, 7) is 1.75. The van der Waals surface area contributed by atoms with Crippen molar-refractivity contribution in [3.8, 4) is 0 Å². The molecule has 0 saturated carbocycles. The number of fused-ring (bicyclic) bond motifs is 2. The number of aryl methyl sites for hydroxylation is 1. The maximum Gasteiger partial charge on any atom is 0.325 e. The Morgan fingerprint density at radius 3 is 2.80 bits per heavy atom. The summed E-state index contributed by atoms with van der Waals surface area (Å²) in [5.41, 5.74) is 6.81. The molecule has 0 saturated heterocycles. The van der Waals surface area contributed by atoms with Gasteiger partial charge in [-0.25, -0.2) is 4.98 Å². The topological polar surface area (TPSA) is 126 Å². The number of aliphatic hydroxyl groups is 1. The summed E-state index contributed by atoms with van der Waals surface area (Å²) in [6, 6.07) is -1.77. The van der Waals surface area contributed by atoms with Gasteiger partial charge in [0.25, 0.3) is 5.91 Å². The van der Waals surface area contributed by atoms with Crippen molar-refractivity contribution in [3.63, 3.8) is 0 Å². The molecule has 10 nitrogen and oxygen atoms in total. The number of carbonyl (C=O) groups is 2. The van der Waals surface area contributed by atoms with Gasteiger partial charge in [-0.05, 0) is 6.92 Å². The Morgan fingerprint density at radius 2 is 2.16 bits per heavy atom. The molecule has 0 fully saturated rings. The number of rotatable bonds is 4. The third kappa shape index (κ3) is 2.57. The maximum absolute atomic E-state index is 12.9. The summed E-state index contributed by atoms with van der Waals surface area (Å²) in [7, 11) is 4.89. The molecule has 25 heavy (non-hydrogen) atoms. The van der Waals surface area contributed by atoms with Crippen LogP contribution in [0.5, 0.6) is 0 Å². The predicted octanol–water partition coefficient (Wildman–Crippen LogP) is -1.65. The minimum Gasteiger partial charge on any atom is -0.468 e. The number of nitrogens with zero attached hydrogens (tertiary/aromatic N) is 5. The van der Waals surface area contributed by atoms with Crippen LogP contribution in [0.4, 0.5) is 5.95 Å². The van der Waals surface area contributed by atoms with Crippen molar-refractivity contribution in [2.24, 2.45) is 10.7 Å². The van der Waals surface area contributed by atoms with E-state index in [1.54, 1.807) is 13.3 Å². The molecule has 0 amide bonds. The molecular formula is C15H22N6O4. The Morgan fingerprint density at radius 1 is 1.48 bits per heavy atom. The van der Waals surface area contributed by atoms with E-state index in [0.717, 1.165) is 0 Å². The molecule has 2 aliphatic heterocycles. The summed E-state index contributed by atoms with van der Waals surface area (Å²) >= 11 is 0. The van der Waals surface area contributed by atoms with E-state index < -0.39 is 24.2 Å². The van der Waals surface area contributed by atoms with Crippen molar-refractivity contribution < 1.29 is 19.4 Å². The smallest absolute Gasteiger partial charge is 0.325 e. The lowest BCUT2D eigenvalue weighted by molar-refractivity contribution is -0.144. The van der Waals surface area contributed by atoms with Crippen LogP contribution in [0.2, 0.25) is 0 Å². The van der Waals surface area contributed by atoms with Crippen molar-refractivity contribution in [1.29, 1.82) is 0 Å². The van der Waals surface area contributed by atoms with Crippen molar-refractivity contribution in [3.05, 3.63) is 11.4 Å². The zero-order valence-corrected chi connectivity index (χ0v) is 14.6. The van der Waals surface area contributed by atoms with Gasteiger partial charge in [0.15, 0.2) is 6.04 Å². The summed E-state index contributed by atoms with van der Waals surface area (Å²) in [5.74, 6) is -0.447. The first kappa shape index (κ1) is 17.4. The van der Waals surface area contributed by atoms with Crippen LogP contribution < -0.4 is 10.6 Å². The highest BCUT2D eigenvalue weighted by atomic mass is 16.5. The summed E-state index contributed by atoms with van der Waals surface area (Å²) < 4.78 is 6.01. The van der Waals surface area contributed by atoms with Gasteiger partial charge in [0.1, 0.15) is 12.2 Å².